The standard InChI is InChI=1S/C19H28N2O2/c1-5-16-13-21(12-15-9-7-6-8-10-15)14-17(16)11-20-18(22)23-19(2,3)4/h6-11,16-17H,5,12-14H2,1-4H3/b20-11+/t16-,17?/m1/s1. The molecule has 0 aliphatic carbocycles. The van der Waals surface area contributed by atoms with Crippen molar-refractivity contribution in [2.24, 2.45) is 16.8 Å². The lowest BCUT2D eigenvalue weighted by Gasteiger charge is -2.17. The second kappa shape index (κ2) is 7.73. The molecule has 4 nitrogen and oxygen atoms in total. The van der Waals surface area contributed by atoms with E-state index in [2.05, 4.69) is 41.1 Å². The lowest BCUT2D eigenvalue weighted by molar-refractivity contribution is 0.0604. The van der Waals surface area contributed by atoms with E-state index in [4.69, 9.17) is 4.74 Å². The van der Waals surface area contributed by atoms with Crippen molar-refractivity contribution in [2.45, 2.75) is 46.3 Å². The molecule has 0 spiro atoms. The molecular formula is C19H28N2O2. The van der Waals surface area contributed by atoms with Crippen molar-refractivity contribution in [3.05, 3.63) is 35.9 Å². The van der Waals surface area contributed by atoms with E-state index in [1.807, 2.05) is 26.8 Å². The Bertz CT molecular complexity index is 534. The summed E-state index contributed by atoms with van der Waals surface area (Å²) in [6.45, 7) is 10.7. The fraction of sp³-hybridized carbons (Fsp3) is 0.579. The van der Waals surface area contributed by atoms with Gasteiger partial charge >= 0.3 is 6.09 Å². The molecule has 1 heterocycles. The fourth-order valence-corrected chi connectivity index (χ4v) is 3.01. The highest BCUT2D eigenvalue weighted by molar-refractivity contribution is 5.80. The third kappa shape index (κ3) is 5.79. The Morgan fingerprint density at radius 2 is 2.00 bits per heavy atom. The van der Waals surface area contributed by atoms with Gasteiger partial charge in [0.2, 0.25) is 0 Å². The van der Waals surface area contributed by atoms with Crippen molar-refractivity contribution in [2.75, 3.05) is 13.1 Å². The quantitative estimate of drug-likeness (QED) is 0.784. The molecule has 2 atom stereocenters. The third-order valence-corrected chi connectivity index (χ3v) is 4.11. The zero-order valence-electron chi connectivity index (χ0n) is 14.7. The van der Waals surface area contributed by atoms with E-state index in [1.54, 1.807) is 6.21 Å². The molecule has 1 aromatic rings. The highest BCUT2D eigenvalue weighted by atomic mass is 16.6. The van der Waals surface area contributed by atoms with Crippen molar-refractivity contribution in [1.82, 2.24) is 4.90 Å². The van der Waals surface area contributed by atoms with E-state index in [1.165, 1.54) is 5.56 Å². The van der Waals surface area contributed by atoms with Crippen LogP contribution in [0.5, 0.6) is 0 Å². The molecule has 23 heavy (non-hydrogen) atoms. The van der Waals surface area contributed by atoms with Crippen LogP contribution in [0, 0.1) is 11.8 Å². The van der Waals surface area contributed by atoms with Crippen LogP contribution in [-0.2, 0) is 11.3 Å². The molecule has 0 bridgehead atoms. The van der Waals surface area contributed by atoms with Gasteiger partial charge < -0.3 is 4.74 Å². The monoisotopic (exact) mass is 316 g/mol. The number of nitrogens with zero attached hydrogens (tertiary/aromatic N) is 2. The SMILES string of the molecule is CC[C@@H]1CN(Cc2ccccc2)CC1/C=N/C(=O)OC(C)(C)C. The van der Waals surface area contributed by atoms with Crippen LogP contribution in [0.3, 0.4) is 0 Å². The zero-order chi connectivity index (χ0) is 16.9. The minimum absolute atomic E-state index is 0.316. The van der Waals surface area contributed by atoms with Crippen LogP contribution in [-0.4, -0.2) is 35.9 Å². The maximum atomic E-state index is 11.7. The summed E-state index contributed by atoms with van der Waals surface area (Å²) in [7, 11) is 0. The molecule has 2 rings (SSSR count). The number of hydrogen-bond donors (Lipinski definition) is 0. The van der Waals surface area contributed by atoms with Gasteiger partial charge in [-0.05, 0) is 32.3 Å². The predicted molar refractivity (Wildman–Crippen MR) is 93.7 cm³/mol. The number of likely N-dealkylation sites (tertiary alicyclic amines) is 1. The molecule has 1 amide bonds. The largest absolute Gasteiger partial charge is 0.442 e. The first kappa shape index (κ1) is 17.7. The van der Waals surface area contributed by atoms with E-state index in [-0.39, 0.29) is 0 Å². The Morgan fingerprint density at radius 3 is 2.61 bits per heavy atom. The van der Waals surface area contributed by atoms with Gasteiger partial charge in [-0.3, -0.25) is 4.90 Å². The summed E-state index contributed by atoms with van der Waals surface area (Å²) in [5.74, 6) is 0.862. The molecule has 1 aromatic carbocycles. The first-order valence-corrected chi connectivity index (χ1v) is 8.41. The molecule has 0 radical (unpaired) electrons. The number of rotatable bonds is 4. The van der Waals surface area contributed by atoms with Gasteiger partial charge in [-0.2, -0.15) is 4.99 Å². The zero-order valence-corrected chi connectivity index (χ0v) is 14.7. The van der Waals surface area contributed by atoms with Crippen molar-refractivity contribution < 1.29 is 9.53 Å². The minimum atomic E-state index is -0.492. The molecule has 1 saturated heterocycles. The summed E-state index contributed by atoms with van der Waals surface area (Å²) in [6, 6.07) is 10.5. The molecule has 126 valence electrons. The summed E-state index contributed by atoms with van der Waals surface area (Å²) in [5, 5.41) is 0. The smallest absolute Gasteiger partial charge is 0.433 e. The van der Waals surface area contributed by atoms with Crippen LogP contribution in [0.4, 0.5) is 4.79 Å². The lowest BCUT2D eigenvalue weighted by atomic mass is 9.95. The molecule has 0 N–H and O–H groups in total. The topological polar surface area (TPSA) is 41.9 Å². The Balaban J connectivity index is 1.92. The summed E-state index contributed by atoms with van der Waals surface area (Å²) >= 11 is 0. The Kier molecular flexibility index (Phi) is 5.94. The van der Waals surface area contributed by atoms with Crippen molar-refractivity contribution >= 4 is 12.3 Å². The van der Waals surface area contributed by atoms with Crippen LogP contribution >= 0.6 is 0 Å². The number of hydrogen-bond acceptors (Lipinski definition) is 3. The molecule has 0 saturated carbocycles. The van der Waals surface area contributed by atoms with Gasteiger partial charge in [0, 0.05) is 31.8 Å². The number of amides is 1. The number of carbonyl (C=O) groups is 1. The summed E-state index contributed by atoms with van der Waals surface area (Å²) in [6.07, 6.45) is 2.40. The Morgan fingerprint density at radius 1 is 1.30 bits per heavy atom. The fourth-order valence-electron chi connectivity index (χ4n) is 3.01. The van der Waals surface area contributed by atoms with E-state index in [9.17, 15) is 4.79 Å². The third-order valence-electron chi connectivity index (χ3n) is 4.11. The average molecular weight is 316 g/mol. The highest BCUT2D eigenvalue weighted by Gasteiger charge is 2.30. The van der Waals surface area contributed by atoms with E-state index in [0.29, 0.717) is 11.8 Å². The molecule has 1 unspecified atom stereocenters. The first-order chi connectivity index (χ1) is 10.9. The van der Waals surface area contributed by atoms with Gasteiger partial charge in [0.15, 0.2) is 0 Å². The number of ether oxygens (including phenoxy) is 1. The molecule has 0 aromatic heterocycles. The van der Waals surface area contributed by atoms with Gasteiger partial charge in [-0.25, -0.2) is 4.79 Å². The lowest BCUT2D eigenvalue weighted by Crippen LogP contribution is -2.23. The molecular weight excluding hydrogens is 288 g/mol. The average Bonchev–Trinajstić information content (AvgIpc) is 2.86. The maximum absolute atomic E-state index is 11.7. The van der Waals surface area contributed by atoms with Crippen molar-refractivity contribution in [1.29, 1.82) is 0 Å². The molecule has 1 aliphatic heterocycles. The van der Waals surface area contributed by atoms with Gasteiger partial charge in [-0.1, -0.05) is 43.7 Å². The second-order valence-electron chi connectivity index (χ2n) is 7.27. The number of carbonyl (C=O) groups excluding carboxylic acids is 1. The first-order valence-electron chi connectivity index (χ1n) is 8.41. The van der Waals surface area contributed by atoms with Crippen LogP contribution < -0.4 is 0 Å². The van der Waals surface area contributed by atoms with Gasteiger partial charge in [0.1, 0.15) is 5.60 Å². The second-order valence-corrected chi connectivity index (χ2v) is 7.27. The molecule has 4 heteroatoms. The van der Waals surface area contributed by atoms with E-state index >= 15 is 0 Å². The summed E-state index contributed by atoms with van der Waals surface area (Å²) < 4.78 is 5.24. The summed E-state index contributed by atoms with van der Waals surface area (Å²) in [4.78, 5) is 18.2. The minimum Gasteiger partial charge on any atom is -0.442 e. The molecule has 1 fully saturated rings. The van der Waals surface area contributed by atoms with Crippen LogP contribution in [0.1, 0.15) is 39.7 Å². The van der Waals surface area contributed by atoms with E-state index < -0.39 is 11.7 Å². The number of benzene rings is 1. The van der Waals surface area contributed by atoms with Crippen molar-refractivity contribution in [3.63, 3.8) is 0 Å². The molecule has 1 aliphatic rings. The van der Waals surface area contributed by atoms with Gasteiger partial charge in [-0.15, -0.1) is 0 Å². The maximum Gasteiger partial charge on any atom is 0.433 e. The van der Waals surface area contributed by atoms with Crippen molar-refractivity contribution in [3.8, 4) is 0 Å². The van der Waals surface area contributed by atoms with E-state index in [0.717, 1.165) is 26.1 Å². The van der Waals surface area contributed by atoms with Crippen LogP contribution in [0.15, 0.2) is 35.3 Å². The summed E-state index contributed by atoms with van der Waals surface area (Å²) in [5.41, 5.74) is 0.834. The Hall–Kier alpha value is -1.68. The predicted octanol–water partition coefficient (Wildman–Crippen LogP) is 4.15. The van der Waals surface area contributed by atoms with Gasteiger partial charge in [0.25, 0.3) is 0 Å². The van der Waals surface area contributed by atoms with Crippen LogP contribution in [0.2, 0.25) is 0 Å². The van der Waals surface area contributed by atoms with Crippen LogP contribution in [0.25, 0.3) is 0 Å². The normalized spacial score (nSPS) is 22.6. The van der Waals surface area contributed by atoms with Gasteiger partial charge in [0.05, 0.1) is 0 Å². The number of aliphatic imine (C=N–C) groups is 1. The Labute approximate surface area is 139 Å². The highest BCUT2D eigenvalue weighted by Crippen LogP contribution is 2.26.